The molecule has 10 nitrogen and oxygen atoms in total. The van der Waals surface area contributed by atoms with E-state index in [1.165, 1.54) is 31.3 Å². The van der Waals surface area contributed by atoms with Crippen LogP contribution < -0.4 is 21.4 Å². The summed E-state index contributed by atoms with van der Waals surface area (Å²) in [6.45, 7) is 10.9. The third kappa shape index (κ3) is 7.14. The van der Waals surface area contributed by atoms with E-state index in [0.29, 0.717) is 22.5 Å². The molecule has 0 spiro atoms. The maximum atomic E-state index is 14.0. The average Bonchev–Trinajstić information content (AvgIpc) is 3.34. The quantitative estimate of drug-likeness (QED) is 0.293. The molecule has 3 atom stereocenters. The molecule has 0 aliphatic heterocycles. The maximum absolute atomic E-state index is 14.0. The summed E-state index contributed by atoms with van der Waals surface area (Å²) in [5.41, 5.74) is 6.54. The summed E-state index contributed by atoms with van der Waals surface area (Å²) >= 11 is 1.38. The first kappa shape index (κ1) is 27.0. The number of anilines is 1. The van der Waals surface area contributed by atoms with Gasteiger partial charge in [0.2, 0.25) is 0 Å². The van der Waals surface area contributed by atoms with Gasteiger partial charge in [-0.2, -0.15) is 0 Å². The van der Waals surface area contributed by atoms with Gasteiger partial charge >= 0.3 is 11.9 Å². The monoisotopic (exact) mass is 500 g/mol. The summed E-state index contributed by atoms with van der Waals surface area (Å²) in [6.07, 6.45) is 0.758. The molecule has 184 valence electrons. The van der Waals surface area contributed by atoms with E-state index in [1.54, 1.807) is 19.9 Å². The van der Waals surface area contributed by atoms with Crippen LogP contribution in [-0.2, 0) is 30.0 Å². The number of nitrogen functional groups attached to an aromatic ring is 1. The number of nitrogens with one attached hydrogen (secondary N) is 2. The molecule has 33 heavy (non-hydrogen) atoms. The summed E-state index contributed by atoms with van der Waals surface area (Å²) in [5, 5.41) is 5.94. The first-order chi connectivity index (χ1) is 15.5. The van der Waals surface area contributed by atoms with E-state index < -0.39 is 31.5 Å². The molecule has 0 aliphatic rings. The molecule has 0 bridgehead atoms. The molecule has 1 unspecified atom stereocenters. The van der Waals surface area contributed by atoms with Crippen LogP contribution >= 0.6 is 18.8 Å². The zero-order valence-corrected chi connectivity index (χ0v) is 21.5. The Morgan fingerprint density at radius 2 is 1.64 bits per heavy atom. The number of thiazole rings is 1. The van der Waals surface area contributed by atoms with Crippen LogP contribution in [0.15, 0.2) is 16.5 Å². The number of furan rings is 1. The normalized spacial score (nSPS) is 15.1. The number of aromatic nitrogens is 1. The molecule has 0 radical (unpaired) electrons. The number of nitrogens with zero attached hydrogens (tertiary/aromatic N) is 1. The van der Waals surface area contributed by atoms with Crippen LogP contribution in [0.2, 0.25) is 0 Å². The van der Waals surface area contributed by atoms with Gasteiger partial charge in [0.05, 0.1) is 13.2 Å². The Hall–Kier alpha value is -2.20. The van der Waals surface area contributed by atoms with Crippen molar-refractivity contribution in [2.24, 2.45) is 5.92 Å². The zero-order chi connectivity index (χ0) is 24.8. The van der Waals surface area contributed by atoms with Crippen molar-refractivity contribution in [1.29, 1.82) is 0 Å². The Balaban J connectivity index is 2.42. The Labute approximate surface area is 198 Å². The molecule has 12 heteroatoms. The molecule has 2 heterocycles. The number of rotatable bonds is 12. The number of esters is 2. The van der Waals surface area contributed by atoms with Crippen LogP contribution in [0.3, 0.4) is 0 Å². The zero-order valence-electron chi connectivity index (χ0n) is 19.8. The lowest BCUT2D eigenvalue weighted by molar-refractivity contribution is -0.145. The summed E-state index contributed by atoms with van der Waals surface area (Å²) in [6, 6.07) is 1.31. The topological polar surface area (TPSA) is 146 Å². The molecule has 4 N–H and O–H groups in total. The van der Waals surface area contributed by atoms with Gasteiger partial charge in [0.1, 0.15) is 17.8 Å². The van der Waals surface area contributed by atoms with Crippen LogP contribution in [0, 0.1) is 5.92 Å². The van der Waals surface area contributed by atoms with Crippen molar-refractivity contribution >= 4 is 41.4 Å². The van der Waals surface area contributed by atoms with Gasteiger partial charge in [-0.1, -0.05) is 13.8 Å². The van der Waals surface area contributed by atoms with E-state index in [4.69, 9.17) is 19.6 Å². The van der Waals surface area contributed by atoms with E-state index in [2.05, 4.69) is 29.0 Å². The highest BCUT2D eigenvalue weighted by molar-refractivity contribution is 7.67. The Morgan fingerprint density at radius 1 is 1.09 bits per heavy atom. The van der Waals surface area contributed by atoms with Gasteiger partial charge < -0.3 is 19.6 Å². The standard InChI is InChI=1S/C21H33N4O6PS/c1-7-29-19(26)13(5)24-32(28,25-14(6)20(27)30-8-2)17-10-9-15(31-17)18-16(11-12(3)4)33-21(22)23-18/h9-10,12-14H,7-8,11H2,1-6H3,(H2,22,23)(H2,24,25,28)/t13-,14+,32?. The van der Waals surface area contributed by atoms with Gasteiger partial charge in [0, 0.05) is 4.88 Å². The van der Waals surface area contributed by atoms with Crippen LogP contribution in [0.1, 0.15) is 46.4 Å². The lowest BCUT2D eigenvalue weighted by Gasteiger charge is -2.24. The largest absolute Gasteiger partial charge is 0.465 e. The molecule has 2 rings (SSSR count). The highest BCUT2D eigenvalue weighted by Crippen LogP contribution is 2.40. The van der Waals surface area contributed by atoms with E-state index in [-0.39, 0.29) is 18.7 Å². The maximum Gasteiger partial charge on any atom is 0.323 e. The fraction of sp³-hybridized carbons (Fsp3) is 0.571. The smallest absolute Gasteiger partial charge is 0.323 e. The Kier molecular flexibility index (Phi) is 9.66. The summed E-state index contributed by atoms with van der Waals surface area (Å²) < 4.78 is 30.0. The Bertz CT molecular complexity index is 975. The van der Waals surface area contributed by atoms with Crippen molar-refractivity contribution in [3.8, 4) is 11.5 Å². The third-order valence-corrected chi connectivity index (χ3v) is 7.74. The summed E-state index contributed by atoms with van der Waals surface area (Å²) in [7, 11) is -3.80. The summed E-state index contributed by atoms with van der Waals surface area (Å²) in [5.74, 6) is -0.392. The molecular weight excluding hydrogens is 467 g/mol. The second kappa shape index (κ2) is 11.8. The molecule has 2 aromatic rings. The minimum absolute atomic E-state index is 0.0341. The van der Waals surface area contributed by atoms with Gasteiger partial charge in [-0.15, -0.1) is 11.3 Å². The lowest BCUT2D eigenvalue weighted by atomic mass is 10.1. The van der Waals surface area contributed by atoms with E-state index in [0.717, 1.165) is 11.3 Å². The molecule has 0 aliphatic carbocycles. The van der Waals surface area contributed by atoms with E-state index in [1.807, 2.05) is 0 Å². The van der Waals surface area contributed by atoms with Gasteiger partial charge in [0.25, 0.3) is 7.44 Å². The average molecular weight is 501 g/mol. The highest BCUT2D eigenvalue weighted by atomic mass is 32.1. The minimum Gasteiger partial charge on any atom is -0.465 e. The van der Waals surface area contributed by atoms with Gasteiger partial charge in [-0.3, -0.25) is 14.2 Å². The van der Waals surface area contributed by atoms with Crippen LogP contribution in [0.25, 0.3) is 11.5 Å². The Morgan fingerprint density at radius 3 is 2.12 bits per heavy atom. The molecular formula is C21H33N4O6PS. The van der Waals surface area contributed by atoms with Crippen LogP contribution in [0.5, 0.6) is 0 Å². The van der Waals surface area contributed by atoms with Crippen molar-refractivity contribution in [1.82, 2.24) is 15.2 Å². The van der Waals surface area contributed by atoms with Crippen molar-refractivity contribution in [3.63, 3.8) is 0 Å². The predicted octanol–water partition coefficient (Wildman–Crippen LogP) is 3.08. The minimum atomic E-state index is -3.80. The summed E-state index contributed by atoms with van der Waals surface area (Å²) in [4.78, 5) is 29.7. The van der Waals surface area contributed by atoms with Crippen LogP contribution in [-0.4, -0.2) is 42.2 Å². The fourth-order valence-corrected chi connectivity index (χ4v) is 6.24. The number of carbonyl (C=O) groups excluding carboxylic acids is 2. The molecule has 0 amide bonds. The molecule has 0 aromatic carbocycles. The second-order valence-electron chi connectivity index (χ2n) is 7.87. The predicted molar refractivity (Wildman–Crippen MR) is 128 cm³/mol. The van der Waals surface area contributed by atoms with Crippen molar-refractivity contribution < 1.29 is 28.0 Å². The molecule has 0 fully saturated rings. The third-order valence-electron chi connectivity index (χ3n) is 4.47. The van der Waals surface area contributed by atoms with Crippen molar-refractivity contribution in [2.45, 2.75) is 60.0 Å². The first-order valence-electron chi connectivity index (χ1n) is 10.9. The van der Waals surface area contributed by atoms with Crippen molar-refractivity contribution in [3.05, 3.63) is 17.0 Å². The molecule has 0 saturated heterocycles. The number of carbonyl (C=O) groups is 2. The highest BCUT2D eigenvalue weighted by Gasteiger charge is 2.36. The van der Waals surface area contributed by atoms with Crippen LogP contribution in [0.4, 0.5) is 5.13 Å². The number of hydrogen-bond donors (Lipinski definition) is 3. The molecule has 2 aromatic heterocycles. The fourth-order valence-electron chi connectivity index (χ4n) is 3.05. The van der Waals surface area contributed by atoms with Gasteiger partial charge in [-0.25, -0.2) is 15.2 Å². The lowest BCUT2D eigenvalue weighted by Crippen LogP contribution is -2.44. The van der Waals surface area contributed by atoms with Gasteiger partial charge in [-0.05, 0) is 52.2 Å². The second-order valence-corrected chi connectivity index (χ2v) is 11.2. The number of nitrogens with two attached hydrogens (primary N) is 1. The first-order valence-corrected chi connectivity index (χ1v) is 13.4. The SMILES string of the molecule is CCOC(=O)[C@H](C)NP(=O)(N[C@H](C)C(=O)OCC)c1ccc(-c2nc(N)sc2CC(C)C)o1. The molecule has 0 saturated carbocycles. The van der Waals surface area contributed by atoms with E-state index >= 15 is 0 Å². The van der Waals surface area contributed by atoms with E-state index in [9.17, 15) is 14.2 Å². The van der Waals surface area contributed by atoms with Gasteiger partial charge in [0.15, 0.2) is 16.4 Å². The number of hydrogen-bond acceptors (Lipinski definition) is 9. The number of ether oxygens (including phenoxy) is 2. The van der Waals surface area contributed by atoms with Crippen molar-refractivity contribution in [2.75, 3.05) is 18.9 Å².